The van der Waals surface area contributed by atoms with E-state index in [-0.39, 0.29) is 52.4 Å². The normalized spacial score (nSPS) is 33.2. The molecule has 4 aliphatic rings. The summed E-state index contributed by atoms with van der Waals surface area (Å²) in [7, 11) is 0. The zero-order chi connectivity index (χ0) is 19.9. The van der Waals surface area contributed by atoms with E-state index < -0.39 is 5.82 Å². The van der Waals surface area contributed by atoms with E-state index in [0.29, 0.717) is 6.54 Å². The molecule has 2 bridgehead atoms. The van der Waals surface area contributed by atoms with Crippen molar-refractivity contribution < 1.29 is 18.7 Å². The number of carbonyl (C=O) groups excluding carboxylic acids is 2. The van der Waals surface area contributed by atoms with Crippen LogP contribution in [0.2, 0.25) is 5.02 Å². The van der Waals surface area contributed by atoms with Crippen LogP contribution >= 0.6 is 11.6 Å². The molecule has 1 saturated heterocycles. The van der Waals surface area contributed by atoms with E-state index in [2.05, 4.69) is 21.3 Å². The first-order valence-corrected chi connectivity index (χ1v) is 9.84. The second-order valence-electron chi connectivity index (χ2n) is 8.27. The first-order chi connectivity index (χ1) is 13.3. The minimum Gasteiger partial charge on any atom is -0.484 e. The standard InChI is InChI=1S/C19H24ClFN4O3/c1-11-5-22-6-15(23-11)17(27)25-19-8-18(9-19,10-19)24-16(26)7-28-12-2-3-13(20)14(21)4-12/h2-4,11,15,22-23H,5-10H2,1H3,(H,24,26)(H,25,27). The summed E-state index contributed by atoms with van der Waals surface area (Å²) in [5, 5.41) is 12.7. The van der Waals surface area contributed by atoms with Crippen LogP contribution in [0, 0.1) is 5.82 Å². The summed E-state index contributed by atoms with van der Waals surface area (Å²) in [6.45, 7) is 3.32. The fourth-order valence-corrected chi connectivity index (χ4v) is 4.64. The summed E-state index contributed by atoms with van der Waals surface area (Å²) in [5.41, 5.74) is -0.461. The highest BCUT2D eigenvalue weighted by Crippen LogP contribution is 2.60. The Labute approximate surface area is 167 Å². The maximum Gasteiger partial charge on any atom is 0.258 e. The first kappa shape index (κ1) is 19.4. The van der Waals surface area contributed by atoms with Gasteiger partial charge < -0.3 is 26.0 Å². The highest BCUT2D eigenvalue weighted by molar-refractivity contribution is 6.30. The van der Waals surface area contributed by atoms with Gasteiger partial charge in [0.2, 0.25) is 5.91 Å². The zero-order valence-corrected chi connectivity index (χ0v) is 16.4. The van der Waals surface area contributed by atoms with Crippen molar-refractivity contribution in [3.63, 3.8) is 0 Å². The van der Waals surface area contributed by atoms with Crippen LogP contribution in [0.15, 0.2) is 18.2 Å². The summed E-state index contributed by atoms with van der Waals surface area (Å²) in [6, 6.07) is 4.08. The molecule has 0 aromatic heterocycles. The molecule has 152 valence electrons. The van der Waals surface area contributed by atoms with Gasteiger partial charge in [-0.3, -0.25) is 9.59 Å². The van der Waals surface area contributed by atoms with Gasteiger partial charge in [0.05, 0.1) is 11.1 Å². The van der Waals surface area contributed by atoms with Crippen LogP contribution in [0.1, 0.15) is 26.2 Å². The molecule has 3 aliphatic carbocycles. The number of nitrogens with one attached hydrogen (secondary N) is 4. The Morgan fingerprint density at radius 3 is 2.64 bits per heavy atom. The van der Waals surface area contributed by atoms with E-state index in [1.54, 1.807) is 0 Å². The van der Waals surface area contributed by atoms with Crippen LogP contribution in [0.4, 0.5) is 4.39 Å². The van der Waals surface area contributed by atoms with E-state index in [4.69, 9.17) is 16.3 Å². The summed E-state index contributed by atoms with van der Waals surface area (Å²) in [6.07, 6.45) is 2.17. The smallest absolute Gasteiger partial charge is 0.258 e. The van der Waals surface area contributed by atoms with Gasteiger partial charge in [-0.15, -0.1) is 0 Å². The zero-order valence-electron chi connectivity index (χ0n) is 15.6. The van der Waals surface area contributed by atoms with Crippen molar-refractivity contribution in [2.24, 2.45) is 0 Å². The highest BCUT2D eigenvalue weighted by atomic mass is 35.5. The van der Waals surface area contributed by atoms with Gasteiger partial charge in [0.15, 0.2) is 6.61 Å². The van der Waals surface area contributed by atoms with Crippen LogP contribution in [0.25, 0.3) is 0 Å². The number of carbonyl (C=O) groups is 2. The van der Waals surface area contributed by atoms with E-state index in [1.807, 2.05) is 6.92 Å². The predicted octanol–water partition coefficient (Wildman–Crippen LogP) is 0.715. The van der Waals surface area contributed by atoms with Crippen molar-refractivity contribution in [2.45, 2.75) is 49.3 Å². The predicted molar refractivity (Wildman–Crippen MR) is 102 cm³/mol. The highest BCUT2D eigenvalue weighted by Gasteiger charge is 2.69. The molecule has 4 N–H and O–H groups in total. The fraction of sp³-hybridized carbons (Fsp3) is 0.579. The van der Waals surface area contributed by atoms with Crippen LogP contribution in [0.5, 0.6) is 5.75 Å². The van der Waals surface area contributed by atoms with Crippen LogP contribution < -0.4 is 26.0 Å². The molecule has 1 heterocycles. The Morgan fingerprint density at radius 1 is 1.25 bits per heavy atom. The topological polar surface area (TPSA) is 91.5 Å². The van der Waals surface area contributed by atoms with Gasteiger partial charge in [-0.05, 0) is 38.3 Å². The summed E-state index contributed by atoms with van der Waals surface area (Å²) < 4.78 is 18.7. The average molecular weight is 411 g/mol. The molecular formula is C19H24ClFN4O3. The Balaban J connectivity index is 1.20. The summed E-state index contributed by atoms with van der Waals surface area (Å²) in [4.78, 5) is 24.6. The lowest BCUT2D eigenvalue weighted by Gasteiger charge is -2.70. The Kier molecular flexibility index (Phi) is 4.97. The number of halogens is 2. The maximum absolute atomic E-state index is 13.4. The number of ether oxygens (including phenoxy) is 1. The van der Waals surface area contributed by atoms with Crippen molar-refractivity contribution >= 4 is 23.4 Å². The summed E-state index contributed by atoms with van der Waals surface area (Å²) >= 11 is 5.62. The summed E-state index contributed by atoms with van der Waals surface area (Å²) in [5.74, 6) is -0.594. The molecule has 28 heavy (non-hydrogen) atoms. The molecule has 1 aromatic rings. The van der Waals surface area contributed by atoms with Gasteiger partial charge >= 0.3 is 0 Å². The number of amides is 2. The van der Waals surface area contributed by atoms with E-state index in [1.165, 1.54) is 12.1 Å². The monoisotopic (exact) mass is 410 g/mol. The molecule has 3 saturated carbocycles. The van der Waals surface area contributed by atoms with Gasteiger partial charge in [0.1, 0.15) is 11.6 Å². The average Bonchev–Trinajstić information content (AvgIpc) is 2.59. The minimum absolute atomic E-state index is 0.00618. The van der Waals surface area contributed by atoms with Gasteiger partial charge in [-0.2, -0.15) is 0 Å². The third kappa shape index (κ3) is 3.81. The lowest BCUT2D eigenvalue weighted by atomic mass is 9.44. The van der Waals surface area contributed by atoms with E-state index >= 15 is 0 Å². The van der Waals surface area contributed by atoms with Gasteiger partial charge in [-0.1, -0.05) is 11.6 Å². The lowest BCUT2D eigenvalue weighted by molar-refractivity contribution is -0.151. The molecule has 5 rings (SSSR count). The molecule has 9 heteroatoms. The van der Waals surface area contributed by atoms with Gasteiger partial charge in [0.25, 0.3) is 5.91 Å². The molecule has 0 spiro atoms. The number of benzene rings is 1. The van der Waals surface area contributed by atoms with Gasteiger partial charge in [-0.25, -0.2) is 4.39 Å². The van der Waals surface area contributed by atoms with Crippen LogP contribution in [0.3, 0.4) is 0 Å². The molecule has 0 radical (unpaired) electrons. The Hall–Kier alpha value is -1.90. The number of hydrogen-bond acceptors (Lipinski definition) is 5. The van der Waals surface area contributed by atoms with Crippen molar-refractivity contribution in [3.8, 4) is 5.75 Å². The van der Waals surface area contributed by atoms with E-state index in [0.717, 1.165) is 31.9 Å². The molecule has 4 fully saturated rings. The van der Waals surface area contributed by atoms with Crippen molar-refractivity contribution in [1.29, 1.82) is 0 Å². The number of piperazine rings is 1. The number of rotatable bonds is 6. The molecule has 2 unspecified atom stereocenters. The van der Waals surface area contributed by atoms with E-state index in [9.17, 15) is 14.0 Å². The third-order valence-corrected chi connectivity index (χ3v) is 5.99. The molecule has 1 aliphatic heterocycles. The lowest BCUT2D eigenvalue weighted by Crippen LogP contribution is -2.84. The molecular weight excluding hydrogens is 387 g/mol. The minimum atomic E-state index is -0.589. The fourth-order valence-electron chi connectivity index (χ4n) is 4.52. The van der Waals surface area contributed by atoms with Crippen molar-refractivity contribution in [2.75, 3.05) is 19.7 Å². The molecule has 2 atom stereocenters. The van der Waals surface area contributed by atoms with Crippen LogP contribution in [-0.2, 0) is 9.59 Å². The van der Waals surface area contributed by atoms with Crippen LogP contribution in [-0.4, -0.2) is 54.7 Å². The van der Waals surface area contributed by atoms with Crippen molar-refractivity contribution in [3.05, 3.63) is 29.0 Å². The Bertz CT molecular complexity index is 786. The second kappa shape index (κ2) is 7.17. The second-order valence-corrected chi connectivity index (χ2v) is 8.68. The third-order valence-electron chi connectivity index (χ3n) is 5.69. The van der Waals surface area contributed by atoms with Crippen molar-refractivity contribution in [1.82, 2.24) is 21.3 Å². The quantitative estimate of drug-likeness (QED) is 0.554. The number of hydrogen-bond donors (Lipinski definition) is 4. The molecule has 1 aromatic carbocycles. The SMILES string of the molecule is CC1CNCC(C(=O)NC23CC(NC(=O)COc4ccc(Cl)c(F)c4)(C2)C3)N1. The Morgan fingerprint density at radius 2 is 1.96 bits per heavy atom. The molecule has 2 amide bonds. The van der Waals surface area contributed by atoms with Gasteiger partial charge in [0, 0.05) is 36.3 Å². The first-order valence-electron chi connectivity index (χ1n) is 9.46. The molecule has 7 nitrogen and oxygen atoms in total. The maximum atomic E-state index is 13.4. The largest absolute Gasteiger partial charge is 0.484 e.